The summed E-state index contributed by atoms with van der Waals surface area (Å²) in [5.41, 5.74) is -0.641. The second kappa shape index (κ2) is 7.70. The lowest BCUT2D eigenvalue weighted by Crippen LogP contribution is -2.52. The molecule has 2 rings (SSSR count). The molecule has 0 N–H and O–H groups in total. The highest BCUT2D eigenvalue weighted by Crippen LogP contribution is 2.17. The summed E-state index contributed by atoms with van der Waals surface area (Å²) in [5.74, 6) is -0.670. The van der Waals surface area contributed by atoms with Crippen molar-refractivity contribution < 1.29 is 27.5 Å². The van der Waals surface area contributed by atoms with Crippen molar-refractivity contribution in [3.8, 4) is 0 Å². The molecule has 0 spiro atoms. The van der Waals surface area contributed by atoms with Gasteiger partial charge in [0.1, 0.15) is 5.60 Å². The summed E-state index contributed by atoms with van der Waals surface area (Å²) in [6, 6.07) is 0. The normalized spacial score (nSPS) is 19.0. The SMILES string of the molecule is CCOC(=O)C1=NN=C(S(=O)(=O)N2CCN(C(=O)OC(C)(C)C)CC2)C1. The molecule has 1 amide bonds. The van der Waals surface area contributed by atoms with Gasteiger partial charge in [0.15, 0.2) is 10.8 Å². The zero-order chi connectivity index (χ0) is 19.5. The Balaban J connectivity index is 1.93. The van der Waals surface area contributed by atoms with Gasteiger partial charge in [-0.1, -0.05) is 0 Å². The summed E-state index contributed by atoms with van der Waals surface area (Å²) in [6.07, 6.45) is -0.659. The van der Waals surface area contributed by atoms with Gasteiger partial charge in [-0.15, -0.1) is 10.2 Å². The standard InChI is InChI=1S/C15H24N4O6S/c1-5-24-13(20)11-10-12(17-16-11)26(22,23)19-8-6-18(7-9-19)14(21)25-15(2,3)4/h5-10H2,1-4H3. The lowest BCUT2D eigenvalue weighted by molar-refractivity contribution is -0.135. The third-order valence-electron chi connectivity index (χ3n) is 3.64. The van der Waals surface area contributed by atoms with Crippen LogP contribution in [0.5, 0.6) is 0 Å². The van der Waals surface area contributed by atoms with E-state index in [1.54, 1.807) is 27.7 Å². The number of rotatable bonds is 3. The molecule has 0 unspecified atom stereocenters. The smallest absolute Gasteiger partial charge is 0.410 e. The van der Waals surface area contributed by atoms with E-state index in [9.17, 15) is 18.0 Å². The minimum atomic E-state index is -3.85. The molecule has 1 saturated heterocycles. The molecule has 2 heterocycles. The lowest BCUT2D eigenvalue weighted by atomic mass is 10.2. The van der Waals surface area contributed by atoms with Gasteiger partial charge in [-0.25, -0.2) is 18.0 Å². The third kappa shape index (κ3) is 4.79. The van der Waals surface area contributed by atoms with Gasteiger partial charge in [0.25, 0.3) is 10.0 Å². The molecule has 0 radical (unpaired) electrons. The van der Waals surface area contributed by atoms with Crippen LogP contribution in [0.25, 0.3) is 0 Å². The Morgan fingerprint density at radius 1 is 1.12 bits per heavy atom. The molecular formula is C15H24N4O6S. The molecule has 0 bridgehead atoms. The summed E-state index contributed by atoms with van der Waals surface area (Å²) in [5, 5.41) is 7.07. The van der Waals surface area contributed by atoms with Crippen LogP contribution in [0, 0.1) is 0 Å². The second-order valence-electron chi connectivity index (χ2n) is 6.81. The summed E-state index contributed by atoms with van der Waals surface area (Å²) in [6.45, 7) is 7.80. The van der Waals surface area contributed by atoms with Crippen molar-refractivity contribution in [2.24, 2.45) is 10.2 Å². The topological polar surface area (TPSA) is 118 Å². The Kier molecular flexibility index (Phi) is 6.02. The first-order valence-electron chi connectivity index (χ1n) is 8.33. The number of hydrogen-bond acceptors (Lipinski definition) is 8. The van der Waals surface area contributed by atoms with Crippen LogP contribution in [0.3, 0.4) is 0 Å². The van der Waals surface area contributed by atoms with Crippen LogP contribution in [0.1, 0.15) is 34.1 Å². The maximum Gasteiger partial charge on any atom is 0.410 e. The van der Waals surface area contributed by atoms with E-state index in [-0.39, 0.29) is 50.0 Å². The molecule has 11 heteroatoms. The van der Waals surface area contributed by atoms with Gasteiger partial charge >= 0.3 is 12.1 Å². The molecule has 1 fully saturated rings. The minimum absolute atomic E-state index is 0.0298. The average Bonchev–Trinajstić information content (AvgIpc) is 3.04. The molecule has 0 aliphatic carbocycles. The Morgan fingerprint density at radius 3 is 2.27 bits per heavy atom. The van der Waals surface area contributed by atoms with Crippen molar-refractivity contribution in [1.29, 1.82) is 0 Å². The quantitative estimate of drug-likeness (QED) is 0.653. The maximum atomic E-state index is 12.7. The zero-order valence-electron chi connectivity index (χ0n) is 15.4. The molecule has 0 saturated carbocycles. The zero-order valence-corrected chi connectivity index (χ0v) is 16.2. The first-order valence-corrected chi connectivity index (χ1v) is 9.77. The van der Waals surface area contributed by atoms with Crippen molar-refractivity contribution in [2.75, 3.05) is 32.8 Å². The molecule has 0 aromatic carbocycles. The summed E-state index contributed by atoms with van der Waals surface area (Å²) in [7, 11) is -3.85. The third-order valence-corrected chi connectivity index (χ3v) is 5.51. The molecular weight excluding hydrogens is 364 g/mol. The minimum Gasteiger partial charge on any atom is -0.461 e. The van der Waals surface area contributed by atoms with Crippen LogP contribution in [0.15, 0.2) is 10.2 Å². The van der Waals surface area contributed by atoms with Crippen LogP contribution >= 0.6 is 0 Å². The van der Waals surface area contributed by atoms with Gasteiger partial charge in [0.05, 0.1) is 13.0 Å². The van der Waals surface area contributed by atoms with Gasteiger partial charge in [-0.3, -0.25) is 0 Å². The highest BCUT2D eigenvalue weighted by atomic mass is 32.2. The number of sulfonamides is 1. The first-order chi connectivity index (χ1) is 12.0. The predicted molar refractivity (Wildman–Crippen MR) is 94.4 cm³/mol. The van der Waals surface area contributed by atoms with Gasteiger partial charge in [0.2, 0.25) is 0 Å². The largest absolute Gasteiger partial charge is 0.461 e. The van der Waals surface area contributed by atoms with Crippen LogP contribution in [0.2, 0.25) is 0 Å². The van der Waals surface area contributed by atoms with E-state index in [1.807, 2.05) is 0 Å². The fraction of sp³-hybridized carbons (Fsp3) is 0.733. The molecule has 146 valence electrons. The van der Waals surface area contributed by atoms with Crippen molar-refractivity contribution >= 4 is 32.8 Å². The Bertz CT molecular complexity index is 730. The number of carbonyl (C=O) groups excluding carboxylic acids is 2. The fourth-order valence-electron chi connectivity index (χ4n) is 2.39. The summed E-state index contributed by atoms with van der Waals surface area (Å²) < 4.78 is 36.6. The Hall–Kier alpha value is -2.01. The first kappa shape index (κ1) is 20.3. The highest BCUT2D eigenvalue weighted by Gasteiger charge is 2.37. The number of amides is 1. The molecule has 0 aromatic heterocycles. The number of nitrogens with zero attached hydrogens (tertiary/aromatic N) is 4. The van der Waals surface area contributed by atoms with E-state index in [1.165, 1.54) is 9.21 Å². The number of esters is 1. The van der Waals surface area contributed by atoms with E-state index in [0.29, 0.717) is 0 Å². The Morgan fingerprint density at radius 2 is 1.73 bits per heavy atom. The molecule has 2 aliphatic rings. The second-order valence-corrected chi connectivity index (χ2v) is 8.75. The fourth-order valence-corrected chi connectivity index (χ4v) is 3.79. The van der Waals surface area contributed by atoms with Gasteiger partial charge < -0.3 is 14.4 Å². The van der Waals surface area contributed by atoms with E-state index < -0.39 is 27.7 Å². The van der Waals surface area contributed by atoms with Crippen LogP contribution in [-0.2, 0) is 24.3 Å². The van der Waals surface area contributed by atoms with Gasteiger partial charge in [0, 0.05) is 26.2 Å². The molecule has 26 heavy (non-hydrogen) atoms. The summed E-state index contributed by atoms with van der Waals surface area (Å²) in [4.78, 5) is 25.1. The van der Waals surface area contributed by atoms with Crippen LogP contribution in [0.4, 0.5) is 4.79 Å². The maximum absolute atomic E-state index is 12.7. The monoisotopic (exact) mass is 388 g/mol. The molecule has 0 atom stereocenters. The van der Waals surface area contributed by atoms with Crippen LogP contribution in [-0.4, -0.2) is 78.8 Å². The molecule has 2 aliphatic heterocycles. The Labute approximate surface area is 152 Å². The van der Waals surface area contributed by atoms with E-state index >= 15 is 0 Å². The number of ether oxygens (including phenoxy) is 2. The number of piperazine rings is 1. The van der Waals surface area contributed by atoms with Crippen molar-refractivity contribution in [2.45, 2.75) is 39.7 Å². The average molecular weight is 388 g/mol. The van der Waals surface area contributed by atoms with E-state index in [4.69, 9.17) is 9.47 Å². The summed E-state index contributed by atoms with van der Waals surface area (Å²) >= 11 is 0. The van der Waals surface area contributed by atoms with Crippen LogP contribution < -0.4 is 0 Å². The number of carbonyl (C=O) groups is 2. The predicted octanol–water partition coefficient (Wildman–Crippen LogP) is 0.590. The van der Waals surface area contributed by atoms with E-state index in [2.05, 4.69) is 10.2 Å². The van der Waals surface area contributed by atoms with Gasteiger partial charge in [-0.2, -0.15) is 4.31 Å². The molecule has 0 aromatic rings. The van der Waals surface area contributed by atoms with Crippen molar-refractivity contribution in [3.05, 3.63) is 0 Å². The highest BCUT2D eigenvalue weighted by molar-refractivity contribution is 8.04. The molecule has 10 nitrogen and oxygen atoms in total. The lowest BCUT2D eigenvalue weighted by Gasteiger charge is -2.34. The van der Waals surface area contributed by atoms with Gasteiger partial charge in [-0.05, 0) is 27.7 Å². The van der Waals surface area contributed by atoms with E-state index in [0.717, 1.165) is 0 Å². The number of hydrogen-bond donors (Lipinski definition) is 0. The van der Waals surface area contributed by atoms with Crippen molar-refractivity contribution in [1.82, 2.24) is 9.21 Å². The van der Waals surface area contributed by atoms with Crippen molar-refractivity contribution in [3.63, 3.8) is 0 Å².